The first-order valence-electron chi connectivity index (χ1n) is 12.2. The van der Waals surface area contributed by atoms with Gasteiger partial charge in [-0.2, -0.15) is 0 Å². The molecule has 6 rings (SSSR count). The molecule has 2 nitrogen and oxygen atoms in total. The normalized spacial score (nSPS) is 13.7. The molecule has 0 aliphatic carbocycles. The second kappa shape index (κ2) is 8.72. The van der Waals surface area contributed by atoms with E-state index in [1.165, 1.54) is 54.9 Å². The van der Waals surface area contributed by atoms with E-state index in [2.05, 4.69) is 121 Å². The Hall–Kier alpha value is -3.46. The highest BCUT2D eigenvalue weighted by Gasteiger charge is 2.26. The first kappa shape index (κ1) is 21.1. The van der Waals surface area contributed by atoms with Gasteiger partial charge in [0.25, 0.3) is 0 Å². The minimum absolute atomic E-state index is 0.946. The van der Waals surface area contributed by atoms with Crippen LogP contribution in [0.15, 0.2) is 97.1 Å². The van der Waals surface area contributed by atoms with Gasteiger partial charge in [-0.25, -0.2) is 0 Å². The topological polar surface area (TPSA) is 6.48 Å². The summed E-state index contributed by atoms with van der Waals surface area (Å²) in [5, 5.41) is 5.32. The van der Waals surface area contributed by atoms with E-state index < -0.39 is 0 Å². The molecule has 1 aliphatic rings. The maximum Gasteiger partial charge on any atom is 0.0250 e. The summed E-state index contributed by atoms with van der Waals surface area (Å²) >= 11 is 0. The molecule has 0 amide bonds. The second-order valence-corrected chi connectivity index (χ2v) is 9.70. The molecule has 0 fully saturated rings. The van der Waals surface area contributed by atoms with Gasteiger partial charge in [0, 0.05) is 26.2 Å². The van der Waals surface area contributed by atoms with Crippen LogP contribution >= 0.6 is 0 Å². The van der Waals surface area contributed by atoms with E-state index in [0.717, 1.165) is 26.2 Å². The van der Waals surface area contributed by atoms with Gasteiger partial charge in [-0.3, -0.25) is 4.90 Å². The third-order valence-corrected chi connectivity index (χ3v) is 7.15. The van der Waals surface area contributed by atoms with Crippen LogP contribution in [0.2, 0.25) is 0 Å². The number of rotatable bonds is 4. The molecule has 1 aliphatic heterocycles. The predicted molar refractivity (Wildman–Crippen MR) is 145 cm³/mol. The predicted octanol–water partition coefficient (Wildman–Crippen LogP) is 7.20. The molecule has 0 aromatic heterocycles. The summed E-state index contributed by atoms with van der Waals surface area (Å²) in [4.78, 5) is 4.91. The van der Waals surface area contributed by atoms with E-state index in [-0.39, 0.29) is 0 Å². The van der Waals surface area contributed by atoms with Crippen molar-refractivity contribution in [1.29, 1.82) is 0 Å². The molecule has 0 unspecified atom stereocenters. The Morgan fingerprint density at radius 3 is 2.12 bits per heavy atom. The van der Waals surface area contributed by atoms with Crippen molar-refractivity contribution in [3.05, 3.63) is 108 Å². The van der Waals surface area contributed by atoms with Crippen LogP contribution < -0.4 is 0 Å². The number of benzene rings is 5. The highest BCUT2D eigenvalue weighted by Crippen LogP contribution is 2.45. The van der Waals surface area contributed by atoms with Crippen molar-refractivity contribution < 1.29 is 0 Å². The van der Waals surface area contributed by atoms with Gasteiger partial charge in [0.1, 0.15) is 0 Å². The summed E-state index contributed by atoms with van der Waals surface area (Å²) < 4.78 is 0. The number of fused-ring (bicyclic) bond motifs is 7. The molecular weight excluding hydrogens is 412 g/mol. The SMILES string of the molecule is CN(C)CCN1Cc2ccc3ccccc3c2-c2c(c(-c3ccccc3)cc3ccccc23)C1. The monoisotopic (exact) mass is 442 g/mol. The van der Waals surface area contributed by atoms with Crippen LogP contribution in [0, 0.1) is 0 Å². The highest BCUT2D eigenvalue weighted by atomic mass is 15.2. The average Bonchev–Trinajstić information content (AvgIpc) is 3.04. The van der Waals surface area contributed by atoms with Crippen molar-refractivity contribution in [2.45, 2.75) is 13.1 Å². The Morgan fingerprint density at radius 1 is 0.676 bits per heavy atom. The van der Waals surface area contributed by atoms with Crippen LogP contribution in [0.1, 0.15) is 11.1 Å². The molecule has 0 spiro atoms. The van der Waals surface area contributed by atoms with Crippen LogP contribution in [0.3, 0.4) is 0 Å². The van der Waals surface area contributed by atoms with E-state index in [9.17, 15) is 0 Å². The van der Waals surface area contributed by atoms with Crippen molar-refractivity contribution in [3.63, 3.8) is 0 Å². The molecule has 0 saturated heterocycles. The zero-order valence-electron chi connectivity index (χ0n) is 20.0. The smallest absolute Gasteiger partial charge is 0.0250 e. The lowest BCUT2D eigenvalue weighted by Crippen LogP contribution is -2.30. The molecule has 168 valence electrons. The molecule has 34 heavy (non-hydrogen) atoms. The number of hydrogen-bond acceptors (Lipinski definition) is 2. The Bertz CT molecular complexity index is 1480. The molecule has 2 heteroatoms. The fraction of sp³-hybridized carbons (Fsp3) is 0.188. The van der Waals surface area contributed by atoms with Gasteiger partial charge in [-0.05, 0) is 75.1 Å². The van der Waals surface area contributed by atoms with Gasteiger partial charge in [-0.15, -0.1) is 0 Å². The third kappa shape index (κ3) is 3.69. The van der Waals surface area contributed by atoms with Crippen LogP contribution in [-0.4, -0.2) is 37.0 Å². The fourth-order valence-electron chi connectivity index (χ4n) is 5.48. The Morgan fingerprint density at radius 2 is 1.35 bits per heavy atom. The quantitative estimate of drug-likeness (QED) is 0.290. The van der Waals surface area contributed by atoms with Crippen LogP contribution in [0.5, 0.6) is 0 Å². The van der Waals surface area contributed by atoms with Crippen LogP contribution in [0.4, 0.5) is 0 Å². The van der Waals surface area contributed by atoms with E-state index in [4.69, 9.17) is 0 Å². The number of nitrogens with zero attached hydrogens (tertiary/aromatic N) is 2. The Balaban J connectivity index is 1.72. The zero-order valence-corrected chi connectivity index (χ0v) is 20.0. The fourth-order valence-corrected chi connectivity index (χ4v) is 5.48. The summed E-state index contributed by atoms with van der Waals surface area (Å²) in [7, 11) is 4.33. The Labute approximate surface area is 202 Å². The molecule has 0 radical (unpaired) electrons. The summed E-state index contributed by atoms with van der Waals surface area (Å²) in [5.74, 6) is 0. The molecule has 0 bridgehead atoms. The molecular formula is C32H30N2. The van der Waals surface area contributed by atoms with Gasteiger partial charge < -0.3 is 4.90 Å². The third-order valence-electron chi connectivity index (χ3n) is 7.15. The molecule has 0 saturated carbocycles. The number of likely N-dealkylation sites (N-methyl/N-ethyl adjacent to an activating group) is 1. The minimum atomic E-state index is 0.946. The molecule has 1 heterocycles. The molecule has 5 aromatic rings. The van der Waals surface area contributed by atoms with Crippen molar-refractivity contribution in [3.8, 4) is 22.3 Å². The molecule has 0 N–H and O–H groups in total. The van der Waals surface area contributed by atoms with Gasteiger partial charge in [-0.1, -0.05) is 91.0 Å². The van der Waals surface area contributed by atoms with Crippen molar-refractivity contribution in [1.82, 2.24) is 9.80 Å². The lowest BCUT2D eigenvalue weighted by atomic mass is 9.84. The van der Waals surface area contributed by atoms with E-state index >= 15 is 0 Å². The van der Waals surface area contributed by atoms with Gasteiger partial charge in [0.05, 0.1) is 0 Å². The van der Waals surface area contributed by atoms with E-state index in [1.54, 1.807) is 0 Å². The summed E-state index contributed by atoms with van der Waals surface area (Å²) in [6.45, 7) is 4.00. The highest BCUT2D eigenvalue weighted by molar-refractivity contribution is 6.10. The van der Waals surface area contributed by atoms with Crippen LogP contribution in [-0.2, 0) is 13.1 Å². The van der Waals surface area contributed by atoms with Crippen molar-refractivity contribution >= 4 is 21.5 Å². The van der Waals surface area contributed by atoms with Gasteiger partial charge in [0.2, 0.25) is 0 Å². The first-order valence-corrected chi connectivity index (χ1v) is 12.2. The lowest BCUT2D eigenvalue weighted by molar-refractivity contribution is 0.228. The first-order chi connectivity index (χ1) is 16.7. The van der Waals surface area contributed by atoms with Crippen molar-refractivity contribution in [2.24, 2.45) is 0 Å². The lowest BCUT2D eigenvalue weighted by Gasteiger charge is -2.24. The summed E-state index contributed by atoms with van der Waals surface area (Å²) in [6, 6.07) is 35.8. The maximum absolute atomic E-state index is 2.63. The minimum Gasteiger partial charge on any atom is -0.308 e. The van der Waals surface area contributed by atoms with E-state index in [1.807, 2.05) is 0 Å². The summed E-state index contributed by atoms with van der Waals surface area (Å²) in [6.07, 6.45) is 0. The van der Waals surface area contributed by atoms with Gasteiger partial charge in [0.15, 0.2) is 0 Å². The number of hydrogen-bond donors (Lipinski definition) is 0. The zero-order chi connectivity index (χ0) is 23.1. The Kier molecular flexibility index (Phi) is 5.41. The van der Waals surface area contributed by atoms with Crippen molar-refractivity contribution in [2.75, 3.05) is 27.2 Å². The molecule has 5 aromatic carbocycles. The largest absolute Gasteiger partial charge is 0.308 e. The van der Waals surface area contributed by atoms with Gasteiger partial charge >= 0.3 is 0 Å². The maximum atomic E-state index is 2.63. The van der Waals surface area contributed by atoms with E-state index in [0.29, 0.717) is 0 Å². The molecule has 0 atom stereocenters. The summed E-state index contributed by atoms with van der Waals surface area (Å²) in [5.41, 5.74) is 8.33. The second-order valence-electron chi connectivity index (χ2n) is 9.70. The standard InChI is InChI=1S/C32H30N2/c1-33(2)18-19-34-21-26-17-16-24-12-6-8-14-27(24)31(26)32-28-15-9-7-13-25(28)20-29(30(32)22-34)23-10-4-3-5-11-23/h3-17,20H,18-19,21-22H2,1-2H3. The van der Waals surface area contributed by atoms with Crippen LogP contribution in [0.25, 0.3) is 43.8 Å². The average molecular weight is 443 g/mol.